The SMILES string of the molecule is CN[C@@H](C)C(=O)N[C@H](C(=O)N1CCC[C@H]1CN(CCc1ccccc1)C(=O)CCCC[C@@H]1SC[C@@H]2NC(=O)N[C@@H]21)C(C)(C)C. The second-order valence-corrected chi connectivity index (χ2v) is 14.9. The second-order valence-electron chi connectivity index (χ2n) is 13.6. The Morgan fingerprint density at radius 2 is 1.89 bits per heavy atom. The van der Waals surface area contributed by atoms with Crippen molar-refractivity contribution in [3.63, 3.8) is 0 Å². The molecule has 0 spiro atoms. The highest BCUT2D eigenvalue weighted by atomic mass is 32.2. The monoisotopic (exact) mass is 628 g/mol. The summed E-state index contributed by atoms with van der Waals surface area (Å²) in [4.78, 5) is 56.0. The smallest absolute Gasteiger partial charge is 0.315 e. The number of urea groups is 1. The molecule has 3 aliphatic rings. The first-order valence-corrected chi connectivity index (χ1v) is 17.3. The fraction of sp³-hybridized carbons (Fsp3) is 0.697. The minimum absolute atomic E-state index is 0.0716. The molecule has 3 fully saturated rings. The minimum Gasteiger partial charge on any atom is -0.342 e. The highest BCUT2D eigenvalue weighted by Gasteiger charge is 2.43. The van der Waals surface area contributed by atoms with E-state index in [9.17, 15) is 19.2 Å². The Hall–Kier alpha value is -2.79. The molecule has 10 nitrogen and oxygen atoms in total. The summed E-state index contributed by atoms with van der Waals surface area (Å²) in [6, 6.07) is 9.36. The molecule has 0 saturated carbocycles. The van der Waals surface area contributed by atoms with Gasteiger partial charge in [0.2, 0.25) is 17.7 Å². The number of carbonyl (C=O) groups excluding carboxylic acids is 4. The van der Waals surface area contributed by atoms with Gasteiger partial charge in [-0.2, -0.15) is 11.8 Å². The average Bonchev–Trinajstić information content (AvgIpc) is 3.71. The van der Waals surface area contributed by atoms with Gasteiger partial charge in [0, 0.05) is 43.1 Å². The summed E-state index contributed by atoms with van der Waals surface area (Å²) in [5.74, 6) is 0.782. The van der Waals surface area contributed by atoms with Gasteiger partial charge in [-0.05, 0) is 57.1 Å². The molecule has 5 amide bonds. The van der Waals surface area contributed by atoms with Crippen molar-refractivity contribution in [2.45, 2.75) is 108 Å². The summed E-state index contributed by atoms with van der Waals surface area (Å²) < 4.78 is 0. The number of hydrogen-bond acceptors (Lipinski definition) is 6. The third-order valence-electron chi connectivity index (χ3n) is 9.25. The van der Waals surface area contributed by atoms with Gasteiger partial charge in [-0.25, -0.2) is 4.79 Å². The van der Waals surface area contributed by atoms with E-state index >= 15 is 0 Å². The molecule has 244 valence electrons. The number of rotatable bonds is 14. The largest absolute Gasteiger partial charge is 0.342 e. The Labute approximate surface area is 267 Å². The van der Waals surface area contributed by atoms with Gasteiger partial charge in [0.25, 0.3) is 0 Å². The third-order valence-corrected chi connectivity index (χ3v) is 10.8. The van der Waals surface area contributed by atoms with E-state index in [-0.39, 0.29) is 41.9 Å². The maximum absolute atomic E-state index is 14.0. The number of unbranched alkanes of at least 4 members (excludes halogenated alkanes) is 1. The molecular weight excluding hydrogens is 576 g/mol. The van der Waals surface area contributed by atoms with Crippen LogP contribution in [0.3, 0.4) is 0 Å². The highest BCUT2D eigenvalue weighted by molar-refractivity contribution is 8.00. The van der Waals surface area contributed by atoms with E-state index in [1.54, 1.807) is 14.0 Å². The molecule has 11 heteroatoms. The predicted octanol–water partition coefficient (Wildman–Crippen LogP) is 2.91. The number of fused-ring (bicyclic) bond motifs is 1. The molecule has 1 aromatic carbocycles. The Kier molecular flexibility index (Phi) is 12.0. The van der Waals surface area contributed by atoms with Gasteiger partial charge < -0.3 is 31.1 Å². The zero-order valence-corrected chi connectivity index (χ0v) is 27.9. The third kappa shape index (κ3) is 8.90. The molecule has 0 radical (unpaired) electrons. The molecule has 0 unspecified atom stereocenters. The lowest BCUT2D eigenvalue weighted by molar-refractivity contribution is -0.142. The Bertz CT molecular complexity index is 1140. The lowest BCUT2D eigenvalue weighted by Gasteiger charge is -2.37. The molecule has 0 aromatic heterocycles. The van der Waals surface area contributed by atoms with Gasteiger partial charge in [-0.3, -0.25) is 14.4 Å². The number of likely N-dealkylation sites (N-methyl/N-ethyl adjacent to an activating group) is 1. The van der Waals surface area contributed by atoms with E-state index in [2.05, 4.69) is 33.4 Å². The van der Waals surface area contributed by atoms with E-state index in [4.69, 9.17) is 0 Å². The molecular formula is C33H52N6O4S. The first kappa shape index (κ1) is 34.1. The van der Waals surface area contributed by atoms with Crippen molar-refractivity contribution in [1.82, 2.24) is 31.1 Å². The van der Waals surface area contributed by atoms with E-state index in [0.29, 0.717) is 31.3 Å². The van der Waals surface area contributed by atoms with Crippen molar-refractivity contribution in [2.75, 3.05) is 32.4 Å². The molecule has 0 aliphatic carbocycles. The van der Waals surface area contributed by atoms with Crippen molar-refractivity contribution in [1.29, 1.82) is 0 Å². The molecule has 6 atom stereocenters. The summed E-state index contributed by atoms with van der Waals surface area (Å²) in [5, 5.41) is 12.4. The molecule has 0 bridgehead atoms. The fourth-order valence-corrected chi connectivity index (χ4v) is 7.98. The maximum Gasteiger partial charge on any atom is 0.315 e. The number of benzene rings is 1. The Balaban J connectivity index is 1.38. The molecule has 3 aliphatic heterocycles. The quantitative estimate of drug-likeness (QED) is 0.186. The minimum atomic E-state index is -0.659. The van der Waals surface area contributed by atoms with Gasteiger partial charge in [-0.15, -0.1) is 0 Å². The standard InChI is InChI=1S/C33H52N6O4S/c1-22(34-5)30(41)37-29(33(2,3)4)31(42)39-18-11-14-24(39)20-38(19-17-23-12-7-6-8-13-23)27(40)16-10-9-15-26-28-25(21-44-26)35-32(43)36-28/h6-8,12-13,22,24-26,28-29,34H,9-11,14-21H2,1-5H3,(H,37,41)(H2,35,36,43)/t22-,24-,25-,26-,28-,29+/m0/s1. The highest BCUT2D eigenvalue weighted by Crippen LogP contribution is 2.33. The molecule has 1 aromatic rings. The molecule has 44 heavy (non-hydrogen) atoms. The first-order chi connectivity index (χ1) is 21.0. The molecule has 4 N–H and O–H groups in total. The second kappa shape index (κ2) is 15.5. The summed E-state index contributed by atoms with van der Waals surface area (Å²) in [6.07, 6.45) is 5.63. The number of hydrogen-bond donors (Lipinski definition) is 4. The van der Waals surface area contributed by atoms with Crippen LogP contribution in [0.4, 0.5) is 4.79 Å². The van der Waals surface area contributed by atoms with E-state index in [1.807, 2.05) is 60.5 Å². The number of thioether (sulfide) groups is 1. The average molecular weight is 629 g/mol. The molecule has 4 rings (SSSR count). The number of amides is 5. The topological polar surface area (TPSA) is 123 Å². The van der Waals surface area contributed by atoms with Crippen LogP contribution in [0.25, 0.3) is 0 Å². The lowest BCUT2D eigenvalue weighted by atomic mass is 9.85. The van der Waals surface area contributed by atoms with E-state index < -0.39 is 17.5 Å². The summed E-state index contributed by atoms with van der Waals surface area (Å²) >= 11 is 1.90. The van der Waals surface area contributed by atoms with Crippen LogP contribution in [-0.4, -0.2) is 101 Å². The van der Waals surface area contributed by atoms with Crippen LogP contribution in [0.2, 0.25) is 0 Å². The molecule has 3 saturated heterocycles. The van der Waals surface area contributed by atoms with Gasteiger partial charge in [-0.1, -0.05) is 57.5 Å². The van der Waals surface area contributed by atoms with Gasteiger partial charge in [0.05, 0.1) is 18.1 Å². The van der Waals surface area contributed by atoms with Gasteiger partial charge >= 0.3 is 6.03 Å². The number of nitrogens with one attached hydrogen (secondary N) is 4. The first-order valence-electron chi connectivity index (χ1n) is 16.3. The molecule has 3 heterocycles. The van der Waals surface area contributed by atoms with Crippen molar-refractivity contribution in [3.05, 3.63) is 35.9 Å². The van der Waals surface area contributed by atoms with Crippen LogP contribution in [0.5, 0.6) is 0 Å². The predicted molar refractivity (Wildman–Crippen MR) is 175 cm³/mol. The van der Waals surface area contributed by atoms with Gasteiger partial charge in [0.15, 0.2) is 0 Å². The summed E-state index contributed by atoms with van der Waals surface area (Å²) in [6.45, 7) is 9.42. The normalized spacial score (nSPS) is 24.3. The number of nitrogens with zero attached hydrogens (tertiary/aromatic N) is 2. The van der Waals surface area contributed by atoms with Crippen molar-refractivity contribution in [2.24, 2.45) is 5.41 Å². The number of likely N-dealkylation sites (tertiary alicyclic amines) is 1. The Morgan fingerprint density at radius 3 is 2.59 bits per heavy atom. The zero-order valence-electron chi connectivity index (χ0n) is 27.1. The van der Waals surface area contributed by atoms with Crippen molar-refractivity contribution in [3.8, 4) is 0 Å². The fourth-order valence-electron chi connectivity index (χ4n) is 6.43. The van der Waals surface area contributed by atoms with Crippen LogP contribution in [0.15, 0.2) is 30.3 Å². The summed E-state index contributed by atoms with van der Waals surface area (Å²) in [7, 11) is 1.73. The van der Waals surface area contributed by atoms with Crippen LogP contribution >= 0.6 is 11.8 Å². The Morgan fingerprint density at radius 1 is 1.14 bits per heavy atom. The van der Waals surface area contributed by atoms with E-state index in [0.717, 1.165) is 44.3 Å². The maximum atomic E-state index is 14.0. The van der Waals surface area contributed by atoms with Crippen molar-refractivity contribution >= 4 is 35.5 Å². The number of carbonyl (C=O) groups is 4. The van der Waals surface area contributed by atoms with Crippen LogP contribution < -0.4 is 21.3 Å². The van der Waals surface area contributed by atoms with Crippen molar-refractivity contribution < 1.29 is 19.2 Å². The van der Waals surface area contributed by atoms with E-state index in [1.165, 1.54) is 5.56 Å². The summed E-state index contributed by atoms with van der Waals surface area (Å²) in [5.41, 5.74) is 0.712. The zero-order chi connectivity index (χ0) is 31.9. The van der Waals surface area contributed by atoms with Gasteiger partial charge in [0.1, 0.15) is 6.04 Å². The van der Waals surface area contributed by atoms with Crippen LogP contribution in [0.1, 0.15) is 71.8 Å². The lowest BCUT2D eigenvalue weighted by Crippen LogP contribution is -2.59. The van der Waals surface area contributed by atoms with Crippen LogP contribution in [0, 0.1) is 5.41 Å². The van der Waals surface area contributed by atoms with Crippen LogP contribution in [-0.2, 0) is 20.8 Å².